The van der Waals surface area contributed by atoms with Crippen molar-refractivity contribution in [3.05, 3.63) is 47.7 Å². The second-order valence-corrected chi connectivity index (χ2v) is 3.51. The zero-order chi connectivity index (χ0) is 10.8. The molecule has 1 aromatic carbocycles. The molecule has 0 N–H and O–H groups in total. The van der Waals surface area contributed by atoms with Crippen molar-refractivity contribution >= 4 is 0 Å². The molecule has 0 radical (unpaired) electrons. The SMILES string of the molecule is Cc1cncc(-c2ccc(C)c(F)c2)n1. The van der Waals surface area contributed by atoms with Crippen molar-refractivity contribution in [3.63, 3.8) is 0 Å². The maximum absolute atomic E-state index is 13.3. The van der Waals surface area contributed by atoms with E-state index in [1.54, 1.807) is 25.4 Å². The second-order valence-electron chi connectivity index (χ2n) is 3.51. The quantitative estimate of drug-likeness (QED) is 0.710. The summed E-state index contributed by atoms with van der Waals surface area (Å²) in [6.45, 7) is 3.60. The van der Waals surface area contributed by atoms with E-state index in [-0.39, 0.29) is 5.82 Å². The second kappa shape index (κ2) is 3.77. The summed E-state index contributed by atoms with van der Waals surface area (Å²) in [7, 11) is 0. The molecule has 15 heavy (non-hydrogen) atoms. The van der Waals surface area contributed by atoms with Crippen molar-refractivity contribution in [2.75, 3.05) is 0 Å². The first-order chi connectivity index (χ1) is 7.16. The van der Waals surface area contributed by atoms with Crippen molar-refractivity contribution in [1.82, 2.24) is 9.97 Å². The lowest BCUT2D eigenvalue weighted by Gasteiger charge is -2.02. The molecule has 2 nitrogen and oxygen atoms in total. The Morgan fingerprint density at radius 1 is 1.13 bits per heavy atom. The summed E-state index contributed by atoms with van der Waals surface area (Å²) in [5.41, 5.74) is 2.93. The topological polar surface area (TPSA) is 25.8 Å². The molecule has 0 bridgehead atoms. The van der Waals surface area contributed by atoms with Gasteiger partial charge in [0.15, 0.2) is 0 Å². The summed E-state index contributed by atoms with van der Waals surface area (Å²) in [5, 5.41) is 0. The molecule has 0 spiro atoms. The van der Waals surface area contributed by atoms with Gasteiger partial charge in [-0.25, -0.2) is 9.37 Å². The Kier molecular flexibility index (Phi) is 2.46. The molecule has 0 saturated carbocycles. The molecule has 0 saturated heterocycles. The summed E-state index contributed by atoms with van der Waals surface area (Å²) in [6.07, 6.45) is 3.31. The van der Waals surface area contributed by atoms with Gasteiger partial charge in [0.1, 0.15) is 5.82 Å². The highest BCUT2D eigenvalue weighted by Crippen LogP contribution is 2.19. The molecule has 0 atom stereocenters. The van der Waals surface area contributed by atoms with Crippen molar-refractivity contribution in [2.24, 2.45) is 0 Å². The summed E-state index contributed by atoms with van der Waals surface area (Å²) in [6, 6.07) is 5.08. The molecule has 3 heteroatoms. The molecule has 0 aliphatic carbocycles. The number of aryl methyl sites for hydroxylation is 2. The molecule has 76 valence electrons. The van der Waals surface area contributed by atoms with Crippen molar-refractivity contribution < 1.29 is 4.39 Å². The van der Waals surface area contributed by atoms with E-state index >= 15 is 0 Å². The van der Waals surface area contributed by atoms with E-state index in [9.17, 15) is 4.39 Å². The molecule has 1 aromatic heterocycles. The lowest BCUT2D eigenvalue weighted by atomic mass is 10.1. The van der Waals surface area contributed by atoms with Gasteiger partial charge in [-0.15, -0.1) is 0 Å². The zero-order valence-corrected chi connectivity index (χ0v) is 8.66. The Labute approximate surface area is 87.8 Å². The normalized spacial score (nSPS) is 10.3. The molecule has 2 aromatic rings. The van der Waals surface area contributed by atoms with E-state index in [1.165, 1.54) is 6.07 Å². The predicted octanol–water partition coefficient (Wildman–Crippen LogP) is 2.90. The van der Waals surface area contributed by atoms with Crippen LogP contribution in [0.3, 0.4) is 0 Å². The van der Waals surface area contributed by atoms with E-state index in [1.807, 2.05) is 13.0 Å². The molecule has 0 aliphatic rings. The van der Waals surface area contributed by atoms with Crippen molar-refractivity contribution in [1.29, 1.82) is 0 Å². The van der Waals surface area contributed by atoms with Gasteiger partial charge in [0.2, 0.25) is 0 Å². The third kappa shape index (κ3) is 2.01. The first-order valence-electron chi connectivity index (χ1n) is 4.72. The molecule has 0 aliphatic heterocycles. The van der Waals surface area contributed by atoms with Gasteiger partial charge in [0, 0.05) is 11.8 Å². The van der Waals surface area contributed by atoms with Gasteiger partial charge in [-0.1, -0.05) is 12.1 Å². The molecule has 0 fully saturated rings. The third-order valence-electron chi connectivity index (χ3n) is 2.22. The van der Waals surface area contributed by atoms with Crippen LogP contribution in [0.15, 0.2) is 30.6 Å². The molecular formula is C12H11FN2. The number of halogens is 1. The van der Waals surface area contributed by atoms with Crippen LogP contribution in [0.4, 0.5) is 4.39 Å². The smallest absolute Gasteiger partial charge is 0.126 e. The molecule has 2 rings (SSSR count). The van der Waals surface area contributed by atoms with E-state index in [0.29, 0.717) is 11.3 Å². The van der Waals surface area contributed by atoms with Gasteiger partial charge in [-0.2, -0.15) is 0 Å². The van der Waals surface area contributed by atoms with Crippen molar-refractivity contribution in [3.8, 4) is 11.3 Å². The number of benzene rings is 1. The van der Waals surface area contributed by atoms with Gasteiger partial charge >= 0.3 is 0 Å². The van der Waals surface area contributed by atoms with Crippen LogP contribution < -0.4 is 0 Å². The Balaban J connectivity index is 2.50. The minimum atomic E-state index is -0.212. The van der Waals surface area contributed by atoms with E-state index in [4.69, 9.17) is 0 Å². The Hall–Kier alpha value is -1.77. The van der Waals surface area contributed by atoms with Crippen LogP contribution in [0.25, 0.3) is 11.3 Å². The number of nitrogens with zero attached hydrogens (tertiary/aromatic N) is 2. The van der Waals surface area contributed by atoms with Crippen LogP contribution in [-0.4, -0.2) is 9.97 Å². The largest absolute Gasteiger partial charge is 0.261 e. The highest BCUT2D eigenvalue weighted by atomic mass is 19.1. The molecule has 1 heterocycles. The zero-order valence-electron chi connectivity index (χ0n) is 8.66. The Morgan fingerprint density at radius 2 is 1.93 bits per heavy atom. The van der Waals surface area contributed by atoms with Crippen LogP contribution in [0.2, 0.25) is 0 Å². The van der Waals surface area contributed by atoms with Gasteiger partial charge in [0.05, 0.1) is 17.6 Å². The monoisotopic (exact) mass is 202 g/mol. The fourth-order valence-corrected chi connectivity index (χ4v) is 1.35. The minimum absolute atomic E-state index is 0.212. The van der Waals surface area contributed by atoms with Crippen LogP contribution in [0.5, 0.6) is 0 Å². The third-order valence-corrected chi connectivity index (χ3v) is 2.22. The molecule has 0 unspecified atom stereocenters. The number of aromatic nitrogens is 2. The minimum Gasteiger partial charge on any atom is -0.261 e. The van der Waals surface area contributed by atoms with Gasteiger partial charge < -0.3 is 0 Å². The van der Waals surface area contributed by atoms with Gasteiger partial charge in [-0.3, -0.25) is 4.98 Å². The highest BCUT2D eigenvalue weighted by molar-refractivity contribution is 5.58. The summed E-state index contributed by atoms with van der Waals surface area (Å²) < 4.78 is 13.3. The van der Waals surface area contributed by atoms with Gasteiger partial charge in [0.25, 0.3) is 0 Å². The maximum atomic E-state index is 13.3. The highest BCUT2D eigenvalue weighted by Gasteiger charge is 2.03. The maximum Gasteiger partial charge on any atom is 0.126 e. The van der Waals surface area contributed by atoms with Crippen LogP contribution in [-0.2, 0) is 0 Å². The number of hydrogen-bond acceptors (Lipinski definition) is 2. The Morgan fingerprint density at radius 3 is 2.60 bits per heavy atom. The first-order valence-corrected chi connectivity index (χ1v) is 4.72. The van der Waals surface area contributed by atoms with Crippen molar-refractivity contribution in [2.45, 2.75) is 13.8 Å². The fourth-order valence-electron chi connectivity index (χ4n) is 1.35. The summed E-state index contributed by atoms with van der Waals surface area (Å²) >= 11 is 0. The fraction of sp³-hybridized carbons (Fsp3) is 0.167. The average Bonchev–Trinajstić information content (AvgIpc) is 2.22. The first kappa shape index (κ1) is 9.77. The lowest BCUT2D eigenvalue weighted by molar-refractivity contribution is 0.619. The van der Waals surface area contributed by atoms with Crippen LogP contribution in [0, 0.1) is 19.7 Å². The van der Waals surface area contributed by atoms with E-state index in [2.05, 4.69) is 9.97 Å². The molecular weight excluding hydrogens is 191 g/mol. The van der Waals surface area contributed by atoms with Gasteiger partial charge in [-0.05, 0) is 25.5 Å². The van der Waals surface area contributed by atoms with Crippen LogP contribution in [0.1, 0.15) is 11.3 Å². The summed E-state index contributed by atoms with van der Waals surface area (Å²) in [5.74, 6) is -0.212. The van der Waals surface area contributed by atoms with Crippen LogP contribution >= 0.6 is 0 Å². The lowest BCUT2D eigenvalue weighted by Crippen LogP contribution is -1.90. The average molecular weight is 202 g/mol. The van der Waals surface area contributed by atoms with E-state index in [0.717, 1.165) is 11.3 Å². The standard InChI is InChI=1S/C12H11FN2/c1-8-3-4-10(5-11(8)13)12-7-14-6-9(2)15-12/h3-7H,1-2H3. The number of hydrogen-bond donors (Lipinski definition) is 0. The Bertz CT molecular complexity index is 495. The summed E-state index contributed by atoms with van der Waals surface area (Å²) in [4.78, 5) is 8.31. The number of rotatable bonds is 1. The predicted molar refractivity (Wildman–Crippen MR) is 56.9 cm³/mol. The molecule has 0 amide bonds. The van der Waals surface area contributed by atoms with E-state index < -0.39 is 0 Å².